The molecule has 0 heterocycles. The Morgan fingerprint density at radius 3 is 2.61 bits per heavy atom. The van der Waals surface area contributed by atoms with Gasteiger partial charge in [0, 0.05) is 11.7 Å². The molecule has 0 bridgehead atoms. The van der Waals surface area contributed by atoms with E-state index in [1.54, 1.807) is 6.08 Å². The molecule has 0 aliphatic heterocycles. The number of rotatable bonds is 5. The number of halogens is 4. The van der Waals surface area contributed by atoms with Crippen LogP contribution in [-0.4, -0.2) is 6.04 Å². The summed E-state index contributed by atoms with van der Waals surface area (Å²) in [6.45, 7) is 5.42. The Hall–Kier alpha value is -1.52. The number of nitrogens with one attached hydrogen (secondary N) is 1. The molecule has 1 atom stereocenters. The standard InChI is InChI=1S/C13H15F4N/c1-3-4-5-9(2)18-10-6-7-12(14)11(8-10)13(15,16)17/h3,6-9,18H,1,4-5H2,2H3. The highest BCUT2D eigenvalue weighted by Crippen LogP contribution is 2.33. The molecule has 0 aromatic heterocycles. The Morgan fingerprint density at radius 2 is 2.06 bits per heavy atom. The molecule has 0 radical (unpaired) electrons. The monoisotopic (exact) mass is 261 g/mol. The van der Waals surface area contributed by atoms with Crippen LogP contribution < -0.4 is 5.32 Å². The Kier molecular flexibility index (Phi) is 4.76. The maximum Gasteiger partial charge on any atom is 0.419 e. The van der Waals surface area contributed by atoms with Gasteiger partial charge in [-0.25, -0.2) is 4.39 Å². The van der Waals surface area contributed by atoms with E-state index in [0.717, 1.165) is 25.0 Å². The first-order chi connectivity index (χ1) is 8.34. The van der Waals surface area contributed by atoms with Crippen LogP contribution in [0.4, 0.5) is 23.2 Å². The van der Waals surface area contributed by atoms with Gasteiger partial charge in [0.25, 0.3) is 0 Å². The van der Waals surface area contributed by atoms with E-state index in [2.05, 4.69) is 11.9 Å². The lowest BCUT2D eigenvalue weighted by atomic mass is 10.1. The van der Waals surface area contributed by atoms with Crippen molar-refractivity contribution >= 4 is 5.69 Å². The van der Waals surface area contributed by atoms with Crippen molar-refractivity contribution in [1.29, 1.82) is 0 Å². The van der Waals surface area contributed by atoms with Gasteiger partial charge in [-0.1, -0.05) is 6.08 Å². The molecule has 1 aromatic rings. The van der Waals surface area contributed by atoms with Crippen molar-refractivity contribution in [1.82, 2.24) is 0 Å². The molecule has 1 rings (SSSR count). The molecule has 0 aliphatic carbocycles. The summed E-state index contributed by atoms with van der Waals surface area (Å²) in [5, 5.41) is 2.90. The van der Waals surface area contributed by atoms with Gasteiger partial charge in [-0.05, 0) is 38.0 Å². The zero-order valence-electron chi connectivity index (χ0n) is 10.0. The van der Waals surface area contributed by atoms with E-state index in [1.165, 1.54) is 6.07 Å². The van der Waals surface area contributed by atoms with Crippen LogP contribution in [0.1, 0.15) is 25.3 Å². The summed E-state index contributed by atoms with van der Waals surface area (Å²) in [4.78, 5) is 0. The van der Waals surface area contributed by atoms with Crippen LogP contribution in [0.3, 0.4) is 0 Å². The third-order valence-electron chi connectivity index (χ3n) is 2.49. The van der Waals surface area contributed by atoms with Crippen LogP contribution in [0.25, 0.3) is 0 Å². The number of alkyl halides is 3. The predicted molar refractivity (Wildman–Crippen MR) is 63.9 cm³/mol. The second-order valence-corrected chi connectivity index (χ2v) is 4.10. The van der Waals surface area contributed by atoms with Gasteiger partial charge < -0.3 is 5.32 Å². The van der Waals surface area contributed by atoms with Gasteiger partial charge in [0.15, 0.2) is 0 Å². The third-order valence-corrected chi connectivity index (χ3v) is 2.49. The molecule has 1 aromatic carbocycles. The van der Waals surface area contributed by atoms with Crippen molar-refractivity contribution in [3.8, 4) is 0 Å². The number of anilines is 1. The topological polar surface area (TPSA) is 12.0 Å². The lowest BCUT2D eigenvalue weighted by molar-refractivity contribution is -0.139. The van der Waals surface area contributed by atoms with E-state index in [-0.39, 0.29) is 11.7 Å². The number of hydrogen-bond donors (Lipinski definition) is 1. The van der Waals surface area contributed by atoms with Gasteiger partial charge in [0.2, 0.25) is 0 Å². The van der Waals surface area contributed by atoms with Crippen LogP contribution >= 0.6 is 0 Å². The summed E-state index contributed by atoms with van der Waals surface area (Å²) >= 11 is 0. The molecule has 100 valence electrons. The SMILES string of the molecule is C=CCCC(C)Nc1ccc(F)c(C(F)(F)F)c1. The lowest BCUT2D eigenvalue weighted by Crippen LogP contribution is -2.16. The molecule has 1 nitrogen and oxygen atoms in total. The highest BCUT2D eigenvalue weighted by atomic mass is 19.4. The Labute approximate surface area is 104 Å². The molecule has 0 fully saturated rings. The van der Waals surface area contributed by atoms with Crippen molar-refractivity contribution in [2.45, 2.75) is 32.0 Å². The van der Waals surface area contributed by atoms with E-state index in [9.17, 15) is 17.6 Å². The molecular weight excluding hydrogens is 246 g/mol. The Balaban J connectivity index is 2.82. The van der Waals surface area contributed by atoms with Gasteiger partial charge in [0.05, 0.1) is 5.56 Å². The number of benzene rings is 1. The van der Waals surface area contributed by atoms with Crippen molar-refractivity contribution < 1.29 is 17.6 Å². The van der Waals surface area contributed by atoms with Crippen molar-refractivity contribution in [2.24, 2.45) is 0 Å². The van der Waals surface area contributed by atoms with E-state index in [4.69, 9.17) is 0 Å². The number of allylic oxidation sites excluding steroid dienone is 1. The maximum absolute atomic E-state index is 13.0. The van der Waals surface area contributed by atoms with E-state index in [0.29, 0.717) is 0 Å². The van der Waals surface area contributed by atoms with Gasteiger partial charge in [-0.15, -0.1) is 6.58 Å². The normalized spacial score (nSPS) is 13.2. The average Bonchev–Trinajstić information content (AvgIpc) is 2.27. The summed E-state index contributed by atoms with van der Waals surface area (Å²) in [6.07, 6.45) is -1.42. The van der Waals surface area contributed by atoms with Gasteiger partial charge in [-0.2, -0.15) is 13.2 Å². The first-order valence-electron chi connectivity index (χ1n) is 5.58. The Morgan fingerprint density at radius 1 is 1.39 bits per heavy atom. The molecule has 0 spiro atoms. The van der Waals surface area contributed by atoms with Crippen LogP contribution in [-0.2, 0) is 6.18 Å². The van der Waals surface area contributed by atoms with Crippen LogP contribution in [0.5, 0.6) is 0 Å². The second kappa shape index (κ2) is 5.89. The van der Waals surface area contributed by atoms with E-state index < -0.39 is 17.6 Å². The van der Waals surface area contributed by atoms with Crippen molar-refractivity contribution in [3.05, 3.63) is 42.2 Å². The predicted octanol–water partition coefficient (Wildman–Crippen LogP) is 4.61. The third kappa shape index (κ3) is 4.05. The fraction of sp³-hybridized carbons (Fsp3) is 0.385. The molecule has 1 N–H and O–H groups in total. The smallest absolute Gasteiger partial charge is 0.383 e. The first kappa shape index (κ1) is 14.5. The summed E-state index contributed by atoms with van der Waals surface area (Å²) in [6, 6.07) is 2.91. The maximum atomic E-state index is 13.0. The molecule has 0 amide bonds. The van der Waals surface area contributed by atoms with Crippen LogP contribution in [0.15, 0.2) is 30.9 Å². The first-order valence-corrected chi connectivity index (χ1v) is 5.58. The number of hydrogen-bond acceptors (Lipinski definition) is 1. The highest BCUT2D eigenvalue weighted by Gasteiger charge is 2.34. The molecular formula is C13H15F4N. The van der Waals surface area contributed by atoms with Crippen LogP contribution in [0, 0.1) is 5.82 Å². The minimum atomic E-state index is -4.67. The van der Waals surface area contributed by atoms with E-state index in [1.807, 2.05) is 6.92 Å². The highest BCUT2D eigenvalue weighted by molar-refractivity contribution is 5.47. The zero-order chi connectivity index (χ0) is 13.8. The fourth-order valence-corrected chi connectivity index (χ4v) is 1.56. The van der Waals surface area contributed by atoms with Gasteiger partial charge in [0.1, 0.15) is 5.82 Å². The Bertz CT molecular complexity index is 412. The van der Waals surface area contributed by atoms with Crippen LogP contribution in [0.2, 0.25) is 0 Å². The van der Waals surface area contributed by atoms with Crippen molar-refractivity contribution in [3.63, 3.8) is 0 Å². The summed E-state index contributed by atoms with van der Waals surface area (Å²) in [7, 11) is 0. The lowest BCUT2D eigenvalue weighted by Gasteiger charge is -2.16. The summed E-state index contributed by atoms with van der Waals surface area (Å²) in [5.74, 6) is -1.26. The molecule has 18 heavy (non-hydrogen) atoms. The molecule has 1 unspecified atom stereocenters. The fourth-order valence-electron chi connectivity index (χ4n) is 1.56. The molecule has 5 heteroatoms. The molecule has 0 saturated heterocycles. The minimum absolute atomic E-state index is 0.00505. The quantitative estimate of drug-likeness (QED) is 0.602. The minimum Gasteiger partial charge on any atom is -0.383 e. The summed E-state index contributed by atoms with van der Waals surface area (Å²) in [5.41, 5.74) is -0.983. The zero-order valence-corrected chi connectivity index (χ0v) is 10.0. The summed E-state index contributed by atoms with van der Waals surface area (Å²) < 4.78 is 50.5. The average molecular weight is 261 g/mol. The van der Waals surface area contributed by atoms with E-state index >= 15 is 0 Å². The van der Waals surface area contributed by atoms with Gasteiger partial charge in [-0.3, -0.25) is 0 Å². The van der Waals surface area contributed by atoms with Gasteiger partial charge >= 0.3 is 6.18 Å². The molecule has 0 saturated carbocycles. The molecule has 0 aliphatic rings. The van der Waals surface area contributed by atoms with Crippen molar-refractivity contribution in [2.75, 3.05) is 5.32 Å². The second-order valence-electron chi connectivity index (χ2n) is 4.10. The largest absolute Gasteiger partial charge is 0.419 e.